The Labute approximate surface area is 119 Å². The molecule has 2 aromatic rings. The molecule has 0 saturated heterocycles. The minimum Gasteiger partial charge on any atom is -0.373 e. The maximum atomic E-state index is 12.7. The molecule has 0 fully saturated rings. The van der Waals surface area contributed by atoms with Gasteiger partial charge in [0.15, 0.2) is 0 Å². The molecule has 2 N–H and O–H groups in total. The van der Waals surface area contributed by atoms with Crippen molar-refractivity contribution in [1.29, 1.82) is 0 Å². The van der Waals surface area contributed by atoms with Gasteiger partial charge in [-0.05, 0) is 6.92 Å². The Kier molecular flexibility index (Phi) is 4.01. The highest BCUT2D eigenvalue weighted by molar-refractivity contribution is 5.47. The van der Waals surface area contributed by atoms with Crippen molar-refractivity contribution in [3.05, 3.63) is 29.3 Å². The van der Waals surface area contributed by atoms with Gasteiger partial charge < -0.3 is 10.6 Å². The van der Waals surface area contributed by atoms with Crippen LogP contribution in [-0.4, -0.2) is 26.8 Å². The number of halogens is 3. The van der Waals surface area contributed by atoms with Crippen molar-refractivity contribution in [2.45, 2.75) is 19.6 Å². The first kappa shape index (κ1) is 15.1. The van der Waals surface area contributed by atoms with Crippen LogP contribution < -0.4 is 10.6 Å². The third kappa shape index (κ3) is 3.61. The first-order valence-corrected chi connectivity index (χ1v) is 6.16. The normalized spacial score (nSPS) is 11.5. The van der Waals surface area contributed by atoms with E-state index in [1.807, 2.05) is 6.92 Å². The Morgan fingerprint density at radius 3 is 2.43 bits per heavy atom. The Bertz CT molecular complexity index is 634. The number of rotatable bonds is 4. The summed E-state index contributed by atoms with van der Waals surface area (Å²) in [5.74, 6) is -0.979. The fraction of sp³-hybridized carbons (Fsp3) is 0.417. The molecule has 0 spiro atoms. The second kappa shape index (κ2) is 5.58. The molecule has 0 atom stereocenters. The van der Waals surface area contributed by atoms with Gasteiger partial charge in [0.1, 0.15) is 11.6 Å². The number of alkyl halides is 3. The van der Waals surface area contributed by atoms with Gasteiger partial charge in [0, 0.05) is 38.5 Å². The predicted octanol–water partition coefficient (Wildman–Crippen LogP) is 2.19. The molecule has 21 heavy (non-hydrogen) atoms. The van der Waals surface area contributed by atoms with Crippen LogP contribution in [0.4, 0.5) is 24.8 Å². The van der Waals surface area contributed by atoms with E-state index in [4.69, 9.17) is 0 Å². The van der Waals surface area contributed by atoms with E-state index in [-0.39, 0.29) is 11.6 Å². The summed E-state index contributed by atoms with van der Waals surface area (Å²) in [5, 5.41) is 9.61. The van der Waals surface area contributed by atoms with E-state index in [1.165, 1.54) is 13.1 Å². The van der Waals surface area contributed by atoms with Gasteiger partial charge in [0.05, 0.1) is 5.69 Å². The van der Waals surface area contributed by atoms with Crippen LogP contribution in [0, 0.1) is 6.92 Å². The van der Waals surface area contributed by atoms with Crippen molar-refractivity contribution < 1.29 is 13.2 Å². The standard InChI is InChI=1S/C12H15F3N6/c1-7-8(6-21(3)20-7)5-17-10-4-9(16-2)18-11(19-10)12(13,14)15/h4,6H,5H2,1-3H3,(H2,16,17,18,19). The summed E-state index contributed by atoms with van der Waals surface area (Å²) in [7, 11) is 3.28. The molecule has 2 rings (SSSR count). The van der Waals surface area contributed by atoms with Crippen molar-refractivity contribution in [3.8, 4) is 0 Å². The van der Waals surface area contributed by atoms with Crippen LogP contribution in [0.2, 0.25) is 0 Å². The molecule has 0 aromatic carbocycles. The second-order valence-electron chi connectivity index (χ2n) is 4.48. The highest BCUT2D eigenvalue weighted by atomic mass is 19.4. The molecule has 0 radical (unpaired) electrons. The second-order valence-corrected chi connectivity index (χ2v) is 4.48. The Morgan fingerprint density at radius 2 is 1.90 bits per heavy atom. The smallest absolute Gasteiger partial charge is 0.373 e. The molecule has 0 aliphatic heterocycles. The van der Waals surface area contributed by atoms with Gasteiger partial charge in [-0.3, -0.25) is 4.68 Å². The van der Waals surface area contributed by atoms with Crippen molar-refractivity contribution in [2.75, 3.05) is 17.7 Å². The molecule has 0 unspecified atom stereocenters. The number of hydrogen-bond acceptors (Lipinski definition) is 5. The third-order valence-electron chi connectivity index (χ3n) is 2.81. The largest absolute Gasteiger partial charge is 0.451 e. The van der Waals surface area contributed by atoms with E-state index in [9.17, 15) is 13.2 Å². The molecule has 9 heteroatoms. The molecule has 0 saturated carbocycles. The maximum Gasteiger partial charge on any atom is 0.451 e. The quantitative estimate of drug-likeness (QED) is 0.906. The molecule has 0 bridgehead atoms. The number of anilines is 2. The van der Waals surface area contributed by atoms with E-state index >= 15 is 0 Å². The van der Waals surface area contributed by atoms with Crippen LogP contribution in [0.5, 0.6) is 0 Å². The third-order valence-corrected chi connectivity index (χ3v) is 2.81. The topological polar surface area (TPSA) is 67.7 Å². The maximum absolute atomic E-state index is 12.7. The van der Waals surface area contributed by atoms with Gasteiger partial charge in [-0.25, -0.2) is 9.97 Å². The first-order valence-electron chi connectivity index (χ1n) is 6.16. The molecule has 0 aliphatic carbocycles. The number of hydrogen-bond donors (Lipinski definition) is 2. The lowest BCUT2D eigenvalue weighted by atomic mass is 10.2. The molecular formula is C12H15F3N6. The van der Waals surface area contributed by atoms with E-state index in [0.717, 1.165) is 11.3 Å². The van der Waals surface area contributed by atoms with E-state index < -0.39 is 12.0 Å². The zero-order valence-electron chi connectivity index (χ0n) is 11.8. The fourth-order valence-electron chi connectivity index (χ4n) is 1.80. The summed E-state index contributed by atoms with van der Waals surface area (Å²) in [4.78, 5) is 6.89. The van der Waals surface area contributed by atoms with Crippen LogP contribution in [0.1, 0.15) is 17.1 Å². The molecule has 114 valence electrons. The summed E-state index contributed by atoms with van der Waals surface area (Å²) in [6, 6.07) is 1.42. The zero-order valence-corrected chi connectivity index (χ0v) is 11.8. The van der Waals surface area contributed by atoms with Crippen LogP contribution >= 0.6 is 0 Å². The molecule has 2 heterocycles. The van der Waals surface area contributed by atoms with Crippen LogP contribution in [0.3, 0.4) is 0 Å². The van der Waals surface area contributed by atoms with Crippen molar-refractivity contribution in [2.24, 2.45) is 7.05 Å². The van der Waals surface area contributed by atoms with Gasteiger partial charge in [0.2, 0.25) is 5.82 Å². The van der Waals surface area contributed by atoms with E-state index in [1.54, 1.807) is 17.9 Å². The lowest BCUT2D eigenvalue weighted by molar-refractivity contribution is -0.144. The van der Waals surface area contributed by atoms with Gasteiger partial charge in [-0.2, -0.15) is 18.3 Å². The molecule has 2 aromatic heterocycles. The monoisotopic (exact) mass is 300 g/mol. The fourth-order valence-corrected chi connectivity index (χ4v) is 1.80. The summed E-state index contributed by atoms with van der Waals surface area (Å²) in [5.41, 5.74) is 1.69. The van der Waals surface area contributed by atoms with Crippen LogP contribution in [0.25, 0.3) is 0 Å². The average Bonchev–Trinajstić information content (AvgIpc) is 2.73. The lowest BCUT2D eigenvalue weighted by Crippen LogP contribution is -2.14. The van der Waals surface area contributed by atoms with E-state index in [2.05, 4.69) is 25.7 Å². The van der Waals surface area contributed by atoms with Crippen molar-refractivity contribution in [3.63, 3.8) is 0 Å². The first-order chi connectivity index (χ1) is 9.79. The molecule has 0 amide bonds. The Hall–Kier alpha value is -2.32. The summed E-state index contributed by atoms with van der Waals surface area (Å²) in [6.07, 6.45) is -2.79. The SMILES string of the molecule is CNc1cc(NCc2cn(C)nc2C)nc(C(F)(F)F)n1. The van der Waals surface area contributed by atoms with Gasteiger partial charge in [-0.1, -0.05) is 0 Å². The minimum atomic E-state index is -4.59. The van der Waals surface area contributed by atoms with Crippen molar-refractivity contribution >= 4 is 11.6 Å². The van der Waals surface area contributed by atoms with Gasteiger partial charge >= 0.3 is 6.18 Å². The van der Waals surface area contributed by atoms with Gasteiger partial charge in [0.25, 0.3) is 0 Å². The van der Waals surface area contributed by atoms with E-state index in [0.29, 0.717) is 6.54 Å². The summed E-state index contributed by atoms with van der Waals surface area (Å²) < 4.78 is 39.8. The number of aryl methyl sites for hydroxylation is 2. The predicted molar refractivity (Wildman–Crippen MR) is 71.9 cm³/mol. The molecular weight excluding hydrogens is 285 g/mol. The highest BCUT2D eigenvalue weighted by Gasteiger charge is 2.35. The number of aromatic nitrogens is 4. The highest BCUT2D eigenvalue weighted by Crippen LogP contribution is 2.28. The lowest BCUT2D eigenvalue weighted by Gasteiger charge is -2.11. The number of nitrogens with one attached hydrogen (secondary N) is 2. The minimum absolute atomic E-state index is 0.0998. The summed E-state index contributed by atoms with van der Waals surface area (Å²) >= 11 is 0. The Balaban J connectivity index is 2.21. The molecule has 6 nitrogen and oxygen atoms in total. The van der Waals surface area contributed by atoms with Crippen LogP contribution in [-0.2, 0) is 19.8 Å². The zero-order chi connectivity index (χ0) is 15.6. The molecule has 0 aliphatic rings. The van der Waals surface area contributed by atoms with Crippen molar-refractivity contribution in [1.82, 2.24) is 19.7 Å². The Morgan fingerprint density at radius 1 is 1.24 bits per heavy atom. The number of nitrogens with zero attached hydrogens (tertiary/aromatic N) is 4. The summed E-state index contributed by atoms with van der Waals surface area (Å²) in [6.45, 7) is 2.16. The van der Waals surface area contributed by atoms with Crippen LogP contribution in [0.15, 0.2) is 12.3 Å². The van der Waals surface area contributed by atoms with Gasteiger partial charge in [-0.15, -0.1) is 0 Å². The average molecular weight is 300 g/mol.